The minimum absolute atomic E-state index is 0.222. The Hall–Kier alpha value is -3.51. The Bertz CT molecular complexity index is 1350. The van der Waals surface area contributed by atoms with Crippen molar-refractivity contribution in [1.82, 2.24) is 14.6 Å². The molecule has 3 aromatic heterocycles. The predicted molar refractivity (Wildman–Crippen MR) is 110 cm³/mol. The number of benzene rings is 2. The number of thiophene rings is 1. The summed E-state index contributed by atoms with van der Waals surface area (Å²) in [4.78, 5) is 18.3. The number of aromatic nitrogens is 3. The van der Waals surface area contributed by atoms with Gasteiger partial charge in [0, 0.05) is 22.8 Å². The van der Waals surface area contributed by atoms with E-state index in [0.29, 0.717) is 5.65 Å². The van der Waals surface area contributed by atoms with E-state index in [1.165, 1.54) is 16.8 Å². The lowest BCUT2D eigenvalue weighted by Gasteiger charge is -2.03. The van der Waals surface area contributed by atoms with Gasteiger partial charge in [0.05, 0.1) is 11.1 Å². The third-order valence-electron chi connectivity index (χ3n) is 4.68. The fraction of sp³-hybridized carbons (Fsp3) is 0. The maximum atomic E-state index is 14.1. The van der Waals surface area contributed by atoms with E-state index in [9.17, 15) is 9.18 Å². The SMILES string of the molecule is O=c1c(-c2ccccc2F)cnc2c(-c3cc(-c4ccccc4)cs3)c[nH]n12. The fourth-order valence-electron chi connectivity index (χ4n) is 3.26. The molecule has 0 radical (unpaired) electrons. The number of hydrogen-bond donors (Lipinski definition) is 1. The lowest BCUT2D eigenvalue weighted by Crippen LogP contribution is -2.17. The van der Waals surface area contributed by atoms with Crippen LogP contribution in [-0.2, 0) is 0 Å². The maximum Gasteiger partial charge on any atom is 0.280 e. The molecule has 0 amide bonds. The molecule has 3 heterocycles. The van der Waals surface area contributed by atoms with Crippen LogP contribution in [0, 0.1) is 5.82 Å². The lowest BCUT2D eigenvalue weighted by molar-refractivity contribution is 0.631. The first-order chi connectivity index (χ1) is 13.7. The number of aromatic amines is 1. The third-order valence-corrected chi connectivity index (χ3v) is 5.64. The first kappa shape index (κ1) is 16.6. The van der Waals surface area contributed by atoms with E-state index in [0.717, 1.165) is 21.6 Å². The summed E-state index contributed by atoms with van der Waals surface area (Å²) in [6, 6.07) is 18.4. The van der Waals surface area contributed by atoms with E-state index in [4.69, 9.17) is 0 Å². The largest absolute Gasteiger partial charge is 0.296 e. The average Bonchev–Trinajstić information content (AvgIpc) is 3.37. The summed E-state index contributed by atoms with van der Waals surface area (Å²) < 4.78 is 15.5. The number of nitrogens with zero attached hydrogens (tertiary/aromatic N) is 2. The number of fused-ring (bicyclic) bond motifs is 1. The van der Waals surface area contributed by atoms with Gasteiger partial charge in [0.15, 0.2) is 5.65 Å². The van der Waals surface area contributed by atoms with Gasteiger partial charge in [-0.25, -0.2) is 13.9 Å². The van der Waals surface area contributed by atoms with Crippen LogP contribution in [0.3, 0.4) is 0 Å². The number of halogens is 1. The first-order valence-electron chi connectivity index (χ1n) is 8.71. The van der Waals surface area contributed by atoms with Gasteiger partial charge in [-0.2, -0.15) is 0 Å². The van der Waals surface area contributed by atoms with Crippen molar-refractivity contribution in [1.29, 1.82) is 0 Å². The van der Waals surface area contributed by atoms with Crippen LogP contribution in [0.25, 0.3) is 38.3 Å². The van der Waals surface area contributed by atoms with Crippen LogP contribution < -0.4 is 5.56 Å². The van der Waals surface area contributed by atoms with E-state index < -0.39 is 5.82 Å². The third kappa shape index (κ3) is 2.66. The van der Waals surface area contributed by atoms with Crippen molar-refractivity contribution in [2.45, 2.75) is 0 Å². The van der Waals surface area contributed by atoms with Gasteiger partial charge < -0.3 is 0 Å². The topological polar surface area (TPSA) is 50.2 Å². The highest BCUT2D eigenvalue weighted by Gasteiger charge is 2.16. The highest BCUT2D eigenvalue weighted by Crippen LogP contribution is 2.34. The molecular formula is C22H14FN3OS. The van der Waals surface area contributed by atoms with E-state index >= 15 is 0 Å². The van der Waals surface area contributed by atoms with Crippen LogP contribution in [0.5, 0.6) is 0 Å². The highest BCUT2D eigenvalue weighted by molar-refractivity contribution is 7.14. The Kier molecular flexibility index (Phi) is 3.91. The Labute approximate surface area is 163 Å². The van der Waals surface area contributed by atoms with E-state index in [-0.39, 0.29) is 16.7 Å². The fourth-order valence-corrected chi connectivity index (χ4v) is 4.19. The molecule has 0 spiro atoms. The molecule has 0 aliphatic carbocycles. The summed E-state index contributed by atoms with van der Waals surface area (Å²) in [6.45, 7) is 0. The summed E-state index contributed by atoms with van der Waals surface area (Å²) in [5.74, 6) is -0.445. The Morgan fingerprint density at radius 2 is 1.71 bits per heavy atom. The molecule has 0 saturated heterocycles. The average molecular weight is 387 g/mol. The molecule has 2 aromatic carbocycles. The van der Waals surface area contributed by atoms with Crippen LogP contribution in [0.15, 0.2) is 83.2 Å². The van der Waals surface area contributed by atoms with Gasteiger partial charge in [-0.05, 0) is 28.6 Å². The number of H-pyrrole nitrogens is 1. The van der Waals surface area contributed by atoms with Gasteiger partial charge in [-0.15, -0.1) is 11.3 Å². The zero-order valence-electron chi connectivity index (χ0n) is 14.6. The van der Waals surface area contributed by atoms with Crippen LogP contribution in [0.2, 0.25) is 0 Å². The lowest BCUT2D eigenvalue weighted by atomic mass is 10.1. The smallest absolute Gasteiger partial charge is 0.280 e. The number of hydrogen-bond acceptors (Lipinski definition) is 3. The van der Waals surface area contributed by atoms with Gasteiger partial charge in [-0.1, -0.05) is 48.5 Å². The van der Waals surface area contributed by atoms with Crippen molar-refractivity contribution < 1.29 is 4.39 Å². The van der Waals surface area contributed by atoms with Crippen molar-refractivity contribution in [3.8, 4) is 32.7 Å². The maximum absolute atomic E-state index is 14.1. The van der Waals surface area contributed by atoms with Crippen molar-refractivity contribution in [2.24, 2.45) is 0 Å². The quantitative estimate of drug-likeness (QED) is 0.461. The number of nitrogens with one attached hydrogen (secondary N) is 1. The van der Waals surface area contributed by atoms with E-state index in [1.54, 1.807) is 35.7 Å². The van der Waals surface area contributed by atoms with Crippen LogP contribution in [0.4, 0.5) is 4.39 Å². The Morgan fingerprint density at radius 1 is 0.929 bits per heavy atom. The molecule has 136 valence electrons. The molecule has 0 atom stereocenters. The van der Waals surface area contributed by atoms with Crippen molar-refractivity contribution in [3.63, 3.8) is 0 Å². The van der Waals surface area contributed by atoms with Gasteiger partial charge in [0.25, 0.3) is 5.56 Å². The first-order valence-corrected chi connectivity index (χ1v) is 9.59. The zero-order valence-corrected chi connectivity index (χ0v) is 15.4. The molecule has 5 aromatic rings. The van der Waals surface area contributed by atoms with Crippen LogP contribution in [-0.4, -0.2) is 14.6 Å². The highest BCUT2D eigenvalue weighted by atomic mass is 32.1. The monoisotopic (exact) mass is 387 g/mol. The van der Waals surface area contributed by atoms with Gasteiger partial charge in [0.1, 0.15) is 5.82 Å². The molecule has 1 N–H and O–H groups in total. The minimum Gasteiger partial charge on any atom is -0.296 e. The minimum atomic E-state index is -0.445. The van der Waals surface area contributed by atoms with Gasteiger partial charge >= 0.3 is 0 Å². The summed E-state index contributed by atoms with van der Waals surface area (Å²) in [5, 5.41) is 5.04. The molecular weight excluding hydrogens is 373 g/mol. The Morgan fingerprint density at radius 3 is 2.54 bits per heavy atom. The molecule has 0 bridgehead atoms. The predicted octanol–water partition coefficient (Wildman–Crippen LogP) is 5.22. The molecule has 0 saturated carbocycles. The van der Waals surface area contributed by atoms with Crippen molar-refractivity contribution in [2.75, 3.05) is 0 Å². The summed E-state index contributed by atoms with van der Waals surface area (Å²) in [5.41, 5.74) is 3.74. The summed E-state index contributed by atoms with van der Waals surface area (Å²) in [6.07, 6.45) is 3.20. The molecule has 28 heavy (non-hydrogen) atoms. The molecule has 5 rings (SSSR count). The second kappa shape index (κ2) is 6.58. The second-order valence-electron chi connectivity index (χ2n) is 6.37. The van der Waals surface area contributed by atoms with Gasteiger partial charge in [-0.3, -0.25) is 9.89 Å². The second-order valence-corrected chi connectivity index (χ2v) is 7.28. The molecule has 4 nitrogen and oxygen atoms in total. The van der Waals surface area contributed by atoms with E-state index in [2.05, 4.69) is 33.7 Å². The van der Waals surface area contributed by atoms with Crippen LogP contribution >= 0.6 is 11.3 Å². The molecule has 0 unspecified atom stereocenters. The molecule has 6 heteroatoms. The zero-order chi connectivity index (χ0) is 19.1. The molecule has 0 aliphatic heterocycles. The Balaban J connectivity index is 1.62. The number of rotatable bonds is 3. The van der Waals surface area contributed by atoms with Crippen LogP contribution in [0.1, 0.15) is 0 Å². The molecule has 0 fully saturated rings. The summed E-state index contributed by atoms with van der Waals surface area (Å²) in [7, 11) is 0. The summed E-state index contributed by atoms with van der Waals surface area (Å²) >= 11 is 1.59. The standard InChI is InChI=1S/C22H14FN3OS/c23-19-9-5-4-8-16(19)17-11-24-21-18(12-25-26(21)22(17)27)20-10-15(13-28-20)14-6-2-1-3-7-14/h1-13,25H. The van der Waals surface area contributed by atoms with E-state index in [1.807, 2.05) is 18.2 Å². The van der Waals surface area contributed by atoms with Crippen molar-refractivity contribution in [3.05, 3.63) is 94.6 Å². The molecule has 0 aliphatic rings. The van der Waals surface area contributed by atoms with Crippen molar-refractivity contribution >= 4 is 17.0 Å². The normalized spacial score (nSPS) is 11.2. The van der Waals surface area contributed by atoms with Gasteiger partial charge in [0.2, 0.25) is 0 Å².